The fraction of sp³-hybridized carbons (Fsp3) is 0.941. The summed E-state index contributed by atoms with van der Waals surface area (Å²) < 4.78 is 11.3. The van der Waals surface area contributed by atoms with Gasteiger partial charge in [-0.15, -0.1) is 0 Å². The SMILES string of the molecule is CCCCCCCCCCCCCCCC(=O)OCC(O)C(OC(=O)CCCCCCCCCCCCCCC)C(=S)CCCCCCCCCCCCCCC. The molecule has 0 bridgehead atoms. The van der Waals surface area contributed by atoms with Gasteiger partial charge in [-0.3, -0.25) is 9.59 Å². The van der Waals surface area contributed by atoms with Crippen molar-refractivity contribution in [1.29, 1.82) is 0 Å². The number of rotatable bonds is 47. The van der Waals surface area contributed by atoms with Crippen molar-refractivity contribution in [2.45, 2.75) is 303 Å². The van der Waals surface area contributed by atoms with E-state index in [1.165, 1.54) is 199 Å². The Hall–Kier alpha value is -1.01. The van der Waals surface area contributed by atoms with Gasteiger partial charge in [0.2, 0.25) is 0 Å². The molecule has 0 aliphatic rings. The zero-order valence-corrected chi connectivity index (χ0v) is 39.4. The van der Waals surface area contributed by atoms with Crippen LogP contribution in [0.5, 0.6) is 0 Å². The lowest BCUT2D eigenvalue weighted by molar-refractivity contribution is -0.156. The summed E-state index contributed by atoms with van der Waals surface area (Å²) in [6.07, 6.45) is 48.6. The molecular weight excluding hydrogens is 725 g/mol. The molecule has 0 rings (SSSR count). The van der Waals surface area contributed by atoms with Crippen molar-refractivity contribution < 1.29 is 24.2 Å². The molecule has 5 nitrogen and oxygen atoms in total. The molecule has 0 radical (unpaired) electrons. The van der Waals surface area contributed by atoms with E-state index in [-0.39, 0.29) is 18.5 Å². The first-order valence-electron chi connectivity index (χ1n) is 25.5. The van der Waals surface area contributed by atoms with Gasteiger partial charge >= 0.3 is 11.9 Å². The highest BCUT2D eigenvalue weighted by molar-refractivity contribution is 7.80. The number of thiocarbonyl (C=S) groups is 1. The van der Waals surface area contributed by atoms with E-state index in [0.717, 1.165) is 51.4 Å². The van der Waals surface area contributed by atoms with Crippen LogP contribution in [-0.4, -0.2) is 40.7 Å². The highest BCUT2D eigenvalue weighted by atomic mass is 32.1. The molecule has 1 N–H and O–H groups in total. The Kier molecular flexibility index (Phi) is 45.2. The van der Waals surface area contributed by atoms with Gasteiger partial charge < -0.3 is 14.6 Å². The fourth-order valence-corrected chi connectivity index (χ4v) is 8.28. The predicted molar refractivity (Wildman–Crippen MR) is 250 cm³/mol. The number of carbonyl (C=O) groups is 2. The average Bonchev–Trinajstić information content (AvgIpc) is 3.21. The van der Waals surface area contributed by atoms with E-state index in [9.17, 15) is 14.7 Å². The van der Waals surface area contributed by atoms with Crippen molar-refractivity contribution in [2.75, 3.05) is 6.61 Å². The second-order valence-corrected chi connectivity index (χ2v) is 18.1. The van der Waals surface area contributed by atoms with Crippen LogP contribution in [0.3, 0.4) is 0 Å². The summed E-state index contributed by atoms with van der Waals surface area (Å²) in [7, 11) is 0. The minimum absolute atomic E-state index is 0.188. The highest BCUT2D eigenvalue weighted by Crippen LogP contribution is 2.18. The number of aliphatic hydroxyl groups excluding tert-OH is 1. The van der Waals surface area contributed by atoms with Crippen molar-refractivity contribution in [1.82, 2.24) is 0 Å². The van der Waals surface area contributed by atoms with Crippen LogP contribution in [0, 0.1) is 0 Å². The number of esters is 2. The maximum absolute atomic E-state index is 12.9. The average molecular weight is 823 g/mol. The number of hydrogen-bond donors (Lipinski definition) is 1. The standard InChI is InChI=1S/C51H98O5S/c1-4-7-10-13-16-19-22-25-28-31-34-37-40-43-48(57)51(56-50(54)45-42-39-36-33-30-27-24-21-18-15-12-9-6-3)47(52)46-55-49(53)44-41-38-35-32-29-26-23-20-17-14-11-8-5-2/h47,51-52H,4-46H2,1-3H3. The molecule has 0 saturated heterocycles. The van der Waals surface area contributed by atoms with Crippen LogP contribution < -0.4 is 0 Å². The smallest absolute Gasteiger partial charge is 0.306 e. The maximum Gasteiger partial charge on any atom is 0.306 e. The Morgan fingerprint density at radius 2 is 0.632 bits per heavy atom. The third kappa shape index (κ3) is 41.5. The zero-order valence-electron chi connectivity index (χ0n) is 38.5. The van der Waals surface area contributed by atoms with E-state index in [0.29, 0.717) is 24.1 Å². The minimum atomic E-state index is -1.13. The molecule has 2 unspecified atom stereocenters. The van der Waals surface area contributed by atoms with Gasteiger partial charge in [0.15, 0.2) is 6.10 Å². The van der Waals surface area contributed by atoms with E-state index in [1.807, 2.05) is 0 Å². The van der Waals surface area contributed by atoms with Crippen LogP contribution >= 0.6 is 12.2 Å². The molecule has 57 heavy (non-hydrogen) atoms. The molecule has 0 aromatic rings. The molecule has 0 spiro atoms. The molecule has 0 aromatic carbocycles. The molecule has 0 heterocycles. The van der Waals surface area contributed by atoms with Crippen LogP contribution in [0.1, 0.15) is 290 Å². The number of ether oxygens (including phenoxy) is 2. The Balaban J connectivity index is 4.45. The van der Waals surface area contributed by atoms with Crippen molar-refractivity contribution in [3.8, 4) is 0 Å². The maximum atomic E-state index is 12.9. The third-order valence-electron chi connectivity index (χ3n) is 11.8. The van der Waals surface area contributed by atoms with Gasteiger partial charge in [-0.25, -0.2) is 0 Å². The molecule has 0 saturated carbocycles. The molecule has 0 aliphatic carbocycles. The number of unbranched alkanes of at least 4 members (excludes halogenated alkanes) is 36. The topological polar surface area (TPSA) is 72.8 Å². The van der Waals surface area contributed by atoms with Crippen molar-refractivity contribution >= 4 is 29.0 Å². The summed E-state index contributed by atoms with van der Waals surface area (Å²) in [5, 5.41) is 11.1. The summed E-state index contributed by atoms with van der Waals surface area (Å²) in [4.78, 5) is 26.1. The predicted octanol–water partition coefficient (Wildman–Crippen LogP) is 16.6. The second-order valence-electron chi connectivity index (χ2n) is 17.6. The monoisotopic (exact) mass is 823 g/mol. The van der Waals surface area contributed by atoms with Gasteiger partial charge in [0.05, 0.1) is 0 Å². The van der Waals surface area contributed by atoms with Gasteiger partial charge in [0, 0.05) is 17.7 Å². The van der Waals surface area contributed by atoms with Crippen LogP contribution in [-0.2, 0) is 19.1 Å². The number of carbonyl (C=O) groups excluding carboxylic acids is 2. The Bertz CT molecular complexity index is 863. The summed E-state index contributed by atoms with van der Waals surface area (Å²) in [5.74, 6) is -0.607. The summed E-state index contributed by atoms with van der Waals surface area (Å²) in [6, 6.07) is 0. The van der Waals surface area contributed by atoms with Crippen LogP contribution in [0.4, 0.5) is 0 Å². The zero-order chi connectivity index (χ0) is 41.7. The Morgan fingerprint density at radius 1 is 0.386 bits per heavy atom. The lowest BCUT2D eigenvalue weighted by Gasteiger charge is -2.24. The molecule has 0 aliphatic heterocycles. The quantitative estimate of drug-likeness (QED) is 0.0374. The van der Waals surface area contributed by atoms with E-state index >= 15 is 0 Å². The van der Waals surface area contributed by atoms with Crippen molar-refractivity contribution in [3.63, 3.8) is 0 Å². The van der Waals surface area contributed by atoms with E-state index < -0.39 is 12.2 Å². The van der Waals surface area contributed by atoms with E-state index in [1.54, 1.807) is 0 Å². The van der Waals surface area contributed by atoms with Gasteiger partial charge in [-0.05, 0) is 25.7 Å². The molecule has 2 atom stereocenters. The third-order valence-corrected chi connectivity index (χ3v) is 12.3. The van der Waals surface area contributed by atoms with Gasteiger partial charge in [-0.2, -0.15) is 0 Å². The molecule has 0 aromatic heterocycles. The highest BCUT2D eigenvalue weighted by Gasteiger charge is 2.28. The van der Waals surface area contributed by atoms with Crippen LogP contribution in [0.25, 0.3) is 0 Å². The van der Waals surface area contributed by atoms with Gasteiger partial charge in [0.25, 0.3) is 0 Å². The van der Waals surface area contributed by atoms with Crippen LogP contribution in [0.15, 0.2) is 0 Å². The molecule has 6 heteroatoms. The second kappa shape index (κ2) is 46.1. The number of hydrogen-bond acceptors (Lipinski definition) is 6. The Morgan fingerprint density at radius 3 is 0.930 bits per heavy atom. The Labute approximate surface area is 361 Å². The first kappa shape index (κ1) is 56.0. The fourth-order valence-electron chi connectivity index (χ4n) is 7.93. The van der Waals surface area contributed by atoms with Crippen molar-refractivity contribution in [2.24, 2.45) is 0 Å². The summed E-state index contributed by atoms with van der Waals surface area (Å²) in [6.45, 7) is 6.62. The van der Waals surface area contributed by atoms with E-state index in [2.05, 4.69) is 20.8 Å². The first-order valence-corrected chi connectivity index (χ1v) is 25.9. The molecule has 338 valence electrons. The summed E-state index contributed by atoms with van der Waals surface area (Å²) >= 11 is 5.76. The molecular formula is C51H98O5S. The van der Waals surface area contributed by atoms with E-state index in [4.69, 9.17) is 21.7 Å². The van der Waals surface area contributed by atoms with Gasteiger partial charge in [-0.1, -0.05) is 264 Å². The minimum Gasteiger partial charge on any atom is -0.463 e. The van der Waals surface area contributed by atoms with Crippen molar-refractivity contribution in [3.05, 3.63) is 0 Å². The number of aliphatic hydroxyl groups is 1. The van der Waals surface area contributed by atoms with Gasteiger partial charge in [0.1, 0.15) is 12.7 Å². The first-order chi connectivity index (χ1) is 28.0. The lowest BCUT2D eigenvalue weighted by atomic mass is 10.0. The summed E-state index contributed by atoms with van der Waals surface area (Å²) in [5.41, 5.74) is 0. The molecule has 0 amide bonds. The normalized spacial score (nSPS) is 12.5. The molecule has 0 fully saturated rings. The lowest BCUT2D eigenvalue weighted by Crippen LogP contribution is -2.40. The largest absolute Gasteiger partial charge is 0.463 e. The van der Waals surface area contributed by atoms with Crippen LogP contribution in [0.2, 0.25) is 0 Å².